The number of carbonyl (C=O) groups excluding carboxylic acids is 1. The minimum Gasteiger partial charge on any atom is -0.369 e. The van der Waals surface area contributed by atoms with Gasteiger partial charge in [0.1, 0.15) is 0 Å². The highest BCUT2D eigenvalue weighted by atomic mass is 32.9. The van der Waals surface area contributed by atoms with Crippen molar-refractivity contribution in [3.05, 3.63) is 0 Å². The molecular formula is C4H10NOPS2. The number of hydrogen-bond donors (Lipinski definition) is 2. The zero-order chi connectivity index (χ0) is 7.49. The molecule has 0 rings (SSSR count). The van der Waals surface area contributed by atoms with Crippen molar-refractivity contribution in [2.24, 2.45) is 5.73 Å². The Hall–Kier alpha value is 0.470. The first-order chi connectivity index (χ1) is 3.98. The molecule has 1 unspecified atom stereocenters. The molecule has 54 valence electrons. The Morgan fingerprint density at radius 1 is 1.89 bits per heavy atom. The van der Waals surface area contributed by atoms with Crippen LogP contribution < -0.4 is 5.73 Å². The van der Waals surface area contributed by atoms with Gasteiger partial charge in [0, 0.05) is 5.24 Å². The molecule has 2 N–H and O–H groups in total. The van der Waals surface area contributed by atoms with Crippen LogP contribution in [0.15, 0.2) is 0 Å². The van der Waals surface area contributed by atoms with E-state index in [0.717, 1.165) is 6.16 Å². The van der Waals surface area contributed by atoms with Gasteiger partial charge in [-0.1, -0.05) is 18.7 Å². The van der Waals surface area contributed by atoms with Crippen LogP contribution in [-0.2, 0) is 16.6 Å². The Balaban J connectivity index is 3.88. The number of amides is 1. The summed E-state index contributed by atoms with van der Waals surface area (Å²) in [6.45, 7) is 1.93. The molecule has 0 saturated heterocycles. The molecule has 0 aromatic carbocycles. The molecule has 9 heavy (non-hydrogen) atoms. The summed E-state index contributed by atoms with van der Waals surface area (Å²) >= 11 is 9.15. The zero-order valence-corrected chi connectivity index (χ0v) is 7.81. The van der Waals surface area contributed by atoms with E-state index < -0.39 is 5.24 Å². The van der Waals surface area contributed by atoms with Crippen molar-refractivity contribution in [3.8, 4) is 0 Å². The molecule has 0 heterocycles. The van der Waals surface area contributed by atoms with E-state index in [4.69, 9.17) is 17.5 Å². The molecule has 0 aliphatic rings. The molecule has 0 radical (unpaired) electrons. The van der Waals surface area contributed by atoms with Crippen LogP contribution in [0.1, 0.15) is 6.92 Å². The topological polar surface area (TPSA) is 43.1 Å². The second-order valence-electron chi connectivity index (χ2n) is 1.79. The standard InChI is InChI=1S/C4H10NOPS2/c1-2-7(8,9)3-4(5)6/h2-3H2,1H3,(H2,5,6)(H,8,9). The number of rotatable bonds is 3. The van der Waals surface area contributed by atoms with Gasteiger partial charge in [0.15, 0.2) is 0 Å². The number of primary amides is 1. The van der Waals surface area contributed by atoms with Crippen molar-refractivity contribution < 1.29 is 4.79 Å². The maximum absolute atomic E-state index is 10.3. The van der Waals surface area contributed by atoms with Gasteiger partial charge in [-0.25, -0.2) is 0 Å². The van der Waals surface area contributed by atoms with Crippen LogP contribution in [0.25, 0.3) is 0 Å². The van der Waals surface area contributed by atoms with E-state index in [1.165, 1.54) is 0 Å². The van der Waals surface area contributed by atoms with E-state index in [0.29, 0.717) is 0 Å². The van der Waals surface area contributed by atoms with Crippen LogP contribution in [0, 0.1) is 0 Å². The number of carbonyl (C=O) groups is 1. The van der Waals surface area contributed by atoms with Gasteiger partial charge < -0.3 is 5.73 Å². The van der Waals surface area contributed by atoms with Gasteiger partial charge in [-0.3, -0.25) is 4.79 Å². The molecule has 0 aromatic rings. The summed E-state index contributed by atoms with van der Waals surface area (Å²) in [7, 11) is 0. The summed E-state index contributed by atoms with van der Waals surface area (Å²) in [4.78, 5) is 10.3. The third kappa shape index (κ3) is 4.94. The van der Waals surface area contributed by atoms with Crippen molar-refractivity contribution in [2.75, 3.05) is 12.3 Å². The fourth-order valence-corrected chi connectivity index (χ4v) is 1.87. The maximum atomic E-state index is 10.3. The molecule has 0 saturated carbocycles. The lowest BCUT2D eigenvalue weighted by atomic mass is 10.8. The molecule has 1 atom stereocenters. The SMILES string of the molecule is CCP(=S)(S)CC(N)=O. The third-order valence-corrected chi connectivity index (χ3v) is 5.13. The number of hydrogen-bond acceptors (Lipinski definition) is 2. The average molecular weight is 183 g/mol. The average Bonchev–Trinajstić information content (AvgIpc) is 1.63. The number of nitrogens with two attached hydrogens (primary N) is 1. The molecule has 5 heteroatoms. The highest BCUT2D eigenvalue weighted by Crippen LogP contribution is 2.49. The fraction of sp³-hybridized carbons (Fsp3) is 0.750. The van der Waals surface area contributed by atoms with Crippen LogP contribution in [0.4, 0.5) is 0 Å². The lowest BCUT2D eigenvalue weighted by molar-refractivity contribution is -0.115. The smallest absolute Gasteiger partial charge is 0.223 e. The van der Waals surface area contributed by atoms with Gasteiger partial charge in [-0.05, 0) is 6.16 Å². The molecule has 0 fully saturated rings. The maximum Gasteiger partial charge on any atom is 0.223 e. The van der Waals surface area contributed by atoms with Crippen molar-refractivity contribution in [3.63, 3.8) is 0 Å². The third-order valence-electron chi connectivity index (χ3n) is 0.897. The largest absolute Gasteiger partial charge is 0.369 e. The summed E-state index contributed by atoms with van der Waals surface area (Å²) in [6.07, 6.45) is 1.07. The van der Waals surface area contributed by atoms with Crippen molar-refractivity contribution in [2.45, 2.75) is 6.92 Å². The molecule has 1 amide bonds. The Bertz CT molecular complexity index is 159. The Kier molecular flexibility index (Phi) is 3.78. The lowest BCUT2D eigenvalue weighted by Crippen LogP contribution is -2.14. The predicted octanol–water partition coefficient (Wildman–Crippen LogP) is 0.816. The Morgan fingerprint density at radius 2 is 2.33 bits per heavy atom. The van der Waals surface area contributed by atoms with E-state index in [-0.39, 0.29) is 12.1 Å². The molecular weight excluding hydrogens is 173 g/mol. The first-order valence-corrected chi connectivity index (χ1v) is 6.89. The van der Waals surface area contributed by atoms with E-state index in [1.54, 1.807) is 0 Å². The van der Waals surface area contributed by atoms with Crippen LogP contribution in [0.5, 0.6) is 0 Å². The van der Waals surface area contributed by atoms with Gasteiger partial charge in [-0.15, -0.1) is 12.2 Å². The first kappa shape index (κ1) is 9.47. The molecule has 0 aliphatic carbocycles. The molecule has 0 aliphatic heterocycles. The lowest BCUT2D eigenvalue weighted by Gasteiger charge is -2.08. The van der Waals surface area contributed by atoms with Gasteiger partial charge >= 0.3 is 0 Å². The summed E-state index contributed by atoms with van der Waals surface area (Å²) < 4.78 is 0. The summed E-state index contributed by atoms with van der Waals surface area (Å²) in [5, 5.41) is -1.68. The van der Waals surface area contributed by atoms with Crippen LogP contribution in [0.2, 0.25) is 0 Å². The van der Waals surface area contributed by atoms with E-state index in [9.17, 15) is 4.79 Å². The minimum atomic E-state index is -1.68. The monoisotopic (exact) mass is 183 g/mol. The first-order valence-electron chi connectivity index (χ1n) is 2.57. The van der Waals surface area contributed by atoms with Crippen LogP contribution >= 0.6 is 17.5 Å². The van der Waals surface area contributed by atoms with Crippen molar-refractivity contribution in [1.82, 2.24) is 0 Å². The quantitative estimate of drug-likeness (QED) is 0.502. The van der Waals surface area contributed by atoms with Crippen LogP contribution in [0.3, 0.4) is 0 Å². The molecule has 0 aromatic heterocycles. The van der Waals surface area contributed by atoms with E-state index in [1.807, 2.05) is 6.92 Å². The van der Waals surface area contributed by atoms with Gasteiger partial charge in [-0.2, -0.15) is 0 Å². The predicted molar refractivity (Wildman–Crippen MR) is 47.9 cm³/mol. The van der Waals surface area contributed by atoms with Gasteiger partial charge in [0.2, 0.25) is 5.91 Å². The van der Waals surface area contributed by atoms with Crippen LogP contribution in [-0.4, -0.2) is 18.2 Å². The van der Waals surface area contributed by atoms with E-state index >= 15 is 0 Å². The van der Waals surface area contributed by atoms with Gasteiger partial charge in [0.25, 0.3) is 0 Å². The highest BCUT2D eigenvalue weighted by molar-refractivity contribution is 8.63. The Labute approximate surface area is 65.4 Å². The highest BCUT2D eigenvalue weighted by Gasteiger charge is 2.10. The molecule has 2 nitrogen and oxygen atoms in total. The Morgan fingerprint density at radius 3 is 2.44 bits per heavy atom. The second-order valence-corrected chi connectivity index (χ2v) is 9.63. The normalized spacial score (nSPS) is 16.7. The summed E-state index contributed by atoms with van der Waals surface area (Å²) in [6, 6.07) is 0. The number of thiol groups is 1. The van der Waals surface area contributed by atoms with Crippen molar-refractivity contribution >= 4 is 35.2 Å². The second kappa shape index (κ2) is 3.59. The summed E-state index contributed by atoms with van der Waals surface area (Å²) in [5.74, 6) is -0.338. The van der Waals surface area contributed by atoms with E-state index in [2.05, 4.69) is 12.2 Å². The van der Waals surface area contributed by atoms with Crippen molar-refractivity contribution in [1.29, 1.82) is 0 Å². The zero-order valence-electron chi connectivity index (χ0n) is 5.20. The fourth-order valence-electron chi connectivity index (χ4n) is 0.355. The molecule has 0 spiro atoms. The van der Waals surface area contributed by atoms with Gasteiger partial charge in [0.05, 0.1) is 6.16 Å². The molecule has 0 bridgehead atoms. The summed E-state index contributed by atoms with van der Waals surface area (Å²) in [5.41, 5.74) is 4.93. The minimum absolute atomic E-state index is 0.280.